The van der Waals surface area contributed by atoms with Crippen molar-refractivity contribution in [1.29, 1.82) is 0 Å². The standard InChI is InChI=1S/C13H13ClFN3OS/c1-8-16-17-13(20-8)18-4-5-19-12(7-18)10-3-2-9(15)6-11(10)14/h2-3,6,12H,4-5,7H2,1H3/t12-/m0/s1. The Bertz CT molecular complexity index is 621. The summed E-state index contributed by atoms with van der Waals surface area (Å²) < 4.78 is 18.9. The van der Waals surface area contributed by atoms with Gasteiger partial charge in [-0.2, -0.15) is 0 Å². The molecule has 1 saturated heterocycles. The molecule has 1 aliphatic heterocycles. The molecule has 1 atom stereocenters. The highest BCUT2D eigenvalue weighted by Gasteiger charge is 2.25. The van der Waals surface area contributed by atoms with Gasteiger partial charge >= 0.3 is 0 Å². The number of halogens is 2. The molecule has 0 spiro atoms. The summed E-state index contributed by atoms with van der Waals surface area (Å²) in [5.41, 5.74) is 0.805. The molecule has 4 nitrogen and oxygen atoms in total. The van der Waals surface area contributed by atoms with Crippen LogP contribution in [0.4, 0.5) is 9.52 Å². The van der Waals surface area contributed by atoms with Gasteiger partial charge in [-0.15, -0.1) is 10.2 Å². The van der Waals surface area contributed by atoms with Crippen LogP contribution in [-0.4, -0.2) is 29.9 Å². The van der Waals surface area contributed by atoms with Crippen LogP contribution in [0.25, 0.3) is 0 Å². The number of aromatic nitrogens is 2. The Labute approximate surface area is 125 Å². The summed E-state index contributed by atoms with van der Waals surface area (Å²) in [7, 11) is 0. The fourth-order valence-electron chi connectivity index (χ4n) is 2.19. The molecule has 0 saturated carbocycles. The zero-order chi connectivity index (χ0) is 14.1. The number of ether oxygens (including phenoxy) is 1. The van der Waals surface area contributed by atoms with Gasteiger partial charge in [0, 0.05) is 17.1 Å². The van der Waals surface area contributed by atoms with Crippen molar-refractivity contribution in [3.8, 4) is 0 Å². The first-order chi connectivity index (χ1) is 9.63. The van der Waals surface area contributed by atoms with Gasteiger partial charge in [0.15, 0.2) is 0 Å². The van der Waals surface area contributed by atoms with Crippen molar-refractivity contribution in [2.75, 3.05) is 24.6 Å². The molecule has 3 rings (SSSR count). The summed E-state index contributed by atoms with van der Waals surface area (Å²) >= 11 is 7.65. The molecule has 2 heterocycles. The van der Waals surface area contributed by atoms with E-state index < -0.39 is 0 Å². The summed E-state index contributed by atoms with van der Waals surface area (Å²) in [5, 5.41) is 10.4. The lowest BCUT2D eigenvalue weighted by atomic mass is 10.1. The maximum atomic E-state index is 13.1. The van der Waals surface area contributed by atoms with Crippen LogP contribution < -0.4 is 4.90 Å². The Balaban J connectivity index is 1.81. The average molecular weight is 314 g/mol. The van der Waals surface area contributed by atoms with Gasteiger partial charge in [0.1, 0.15) is 16.9 Å². The van der Waals surface area contributed by atoms with Crippen LogP contribution in [0.15, 0.2) is 18.2 Å². The summed E-state index contributed by atoms with van der Waals surface area (Å²) in [5.74, 6) is -0.342. The molecule has 1 aromatic heterocycles. The van der Waals surface area contributed by atoms with Crippen LogP contribution in [-0.2, 0) is 4.74 Å². The van der Waals surface area contributed by atoms with E-state index >= 15 is 0 Å². The summed E-state index contributed by atoms with van der Waals surface area (Å²) in [4.78, 5) is 2.12. The monoisotopic (exact) mass is 313 g/mol. The Kier molecular flexibility index (Phi) is 3.87. The third-order valence-corrected chi connectivity index (χ3v) is 4.39. The fraction of sp³-hybridized carbons (Fsp3) is 0.385. The van der Waals surface area contributed by atoms with Crippen LogP contribution in [0, 0.1) is 12.7 Å². The van der Waals surface area contributed by atoms with E-state index in [-0.39, 0.29) is 11.9 Å². The van der Waals surface area contributed by atoms with Gasteiger partial charge in [0.05, 0.1) is 13.2 Å². The molecule has 7 heteroatoms. The van der Waals surface area contributed by atoms with E-state index in [1.54, 1.807) is 17.4 Å². The van der Waals surface area contributed by atoms with E-state index in [0.29, 0.717) is 18.2 Å². The van der Waals surface area contributed by atoms with Crippen LogP contribution in [0.3, 0.4) is 0 Å². The number of benzene rings is 1. The van der Waals surface area contributed by atoms with Crippen molar-refractivity contribution < 1.29 is 9.13 Å². The minimum atomic E-state index is -0.342. The van der Waals surface area contributed by atoms with Gasteiger partial charge in [-0.3, -0.25) is 0 Å². The largest absolute Gasteiger partial charge is 0.370 e. The number of hydrogen-bond acceptors (Lipinski definition) is 5. The van der Waals surface area contributed by atoms with Crippen molar-refractivity contribution in [2.24, 2.45) is 0 Å². The molecule has 0 N–H and O–H groups in total. The molecule has 20 heavy (non-hydrogen) atoms. The van der Waals surface area contributed by atoms with Crippen LogP contribution in [0.5, 0.6) is 0 Å². The maximum Gasteiger partial charge on any atom is 0.208 e. The highest BCUT2D eigenvalue weighted by molar-refractivity contribution is 7.15. The normalized spacial score (nSPS) is 19.4. The van der Waals surface area contributed by atoms with E-state index in [2.05, 4.69) is 15.1 Å². The summed E-state index contributed by atoms with van der Waals surface area (Å²) in [6.45, 7) is 3.91. The molecule has 0 radical (unpaired) electrons. The van der Waals surface area contributed by atoms with E-state index in [1.165, 1.54) is 12.1 Å². The zero-order valence-electron chi connectivity index (χ0n) is 10.8. The van der Waals surface area contributed by atoms with Crippen molar-refractivity contribution >= 4 is 28.1 Å². The average Bonchev–Trinajstić information content (AvgIpc) is 2.86. The first-order valence-electron chi connectivity index (χ1n) is 6.25. The molecule has 0 unspecified atom stereocenters. The van der Waals surface area contributed by atoms with Crippen LogP contribution in [0.2, 0.25) is 5.02 Å². The highest BCUT2D eigenvalue weighted by Crippen LogP contribution is 2.31. The smallest absolute Gasteiger partial charge is 0.208 e. The number of rotatable bonds is 2. The Hall–Kier alpha value is -1.24. The van der Waals surface area contributed by atoms with E-state index in [4.69, 9.17) is 16.3 Å². The predicted molar refractivity (Wildman–Crippen MR) is 77.0 cm³/mol. The third-order valence-electron chi connectivity index (χ3n) is 3.16. The molecule has 1 aromatic carbocycles. The molecule has 2 aromatic rings. The second kappa shape index (κ2) is 5.63. The van der Waals surface area contributed by atoms with Crippen LogP contribution in [0.1, 0.15) is 16.7 Å². The van der Waals surface area contributed by atoms with E-state index in [1.807, 2.05) is 6.92 Å². The van der Waals surface area contributed by atoms with Crippen molar-refractivity contribution in [3.05, 3.63) is 39.6 Å². The minimum absolute atomic E-state index is 0.180. The lowest BCUT2D eigenvalue weighted by Gasteiger charge is -2.33. The lowest BCUT2D eigenvalue weighted by Crippen LogP contribution is -2.38. The second-order valence-corrected chi connectivity index (χ2v) is 6.14. The number of anilines is 1. The summed E-state index contributed by atoms with van der Waals surface area (Å²) in [6, 6.07) is 4.39. The lowest BCUT2D eigenvalue weighted by molar-refractivity contribution is 0.0398. The Morgan fingerprint density at radius 2 is 2.30 bits per heavy atom. The number of hydrogen-bond donors (Lipinski definition) is 0. The van der Waals surface area contributed by atoms with Gasteiger partial charge in [-0.05, 0) is 19.1 Å². The highest BCUT2D eigenvalue weighted by atomic mass is 35.5. The second-order valence-electron chi connectivity index (χ2n) is 4.57. The SMILES string of the molecule is Cc1nnc(N2CCO[C@H](c3ccc(F)cc3Cl)C2)s1. The third kappa shape index (κ3) is 2.77. The fourth-order valence-corrected chi connectivity index (χ4v) is 3.20. The predicted octanol–water partition coefficient (Wildman–Crippen LogP) is 3.22. The first kappa shape index (κ1) is 13.7. The van der Waals surface area contributed by atoms with Gasteiger partial charge in [0.25, 0.3) is 0 Å². The molecule has 0 aliphatic carbocycles. The Morgan fingerprint density at radius 1 is 1.45 bits per heavy atom. The number of nitrogens with zero attached hydrogens (tertiary/aromatic N) is 3. The molecule has 0 amide bonds. The molecule has 106 valence electrons. The molecular formula is C13H13ClFN3OS. The van der Waals surface area contributed by atoms with Gasteiger partial charge in [-0.1, -0.05) is 29.0 Å². The van der Waals surface area contributed by atoms with Gasteiger partial charge < -0.3 is 9.64 Å². The van der Waals surface area contributed by atoms with Crippen molar-refractivity contribution in [2.45, 2.75) is 13.0 Å². The number of morpholine rings is 1. The zero-order valence-corrected chi connectivity index (χ0v) is 12.4. The molecule has 1 fully saturated rings. The Morgan fingerprint density at radius 3 is 3.00 bits per heavy atom. The number of aryl methyl sites for hydroxylation is 1. The summed E-state index contributed by atoms with van der Waals surface area (Å²) in [6.07, 6.45) is -0.180. The topological polar surface area (TPSA) is 38.2 Å². The van der Waals surface area contributed by atoms with Crippen molar-refractivity contribution in [1.82, 2.24) is 10.2 Å². The molecular weight excluding hydrogens is 301 g/mol. The molecule has 0 bridgehead atoms. The maximum absolute atomic E-state index is 13.1. The van der Waals surface area contributed by atoms with E-state index in [9.17, 15) is 4.39 Å². The first-order valence-corrected chi connectivity index (χ1v) is 7.44. The molecule has 1 aliphatic rings. The van der Waals surface area contributed by atoms with E-state index in [0.717, 1.165) is 22.2 Å². The minimum Gasteiger partial charge on any atom is -0.370 e. The van der Waals surface area contributed by atoms with Gasteiger partial charge in [0.2, 0.25) is 5.13 Å². The quantitative estimate of drug-likeness (QED) is 0.853. The van der Waals surface area contributed by atoms with Gasteiger partial charge in [-0.25, -0.2) is 4.39 Å². The van der Waals surface area contributed by atoms with Crippen molar-refractivity contribution in [3.63, 3.8) is 0 Å². The van der Waals surface area contributed by atoms with Crippen LogP contribution >= 0.6 is 22.9 Å².